The van der Waals surface area contributed by atoms with Gasteiger partial charge in [-0.3, -0.25) is 19.7 Å². The third-order valence-electron chi connectivity index (χ3n) is 8.80. The zero-order chi connectivity index (χ0) is 33.1. The number of amides is 1. The summed E-state index contributed by atoms with van der Waals surface area (Å²) in [6.07, 6.45) is 8.03. The number of rotatable bonds is 11. The maximum absolute atomic E-state index is 11.5. The lowest BCUT2D eigenvalue weighted by Gasteiger charge is -2.19. The van der Waals surface area contributed by atoms with E-state index in [0.717, 1.165) is 42.6 Å². The van der Waals surface area contributed by atoms with Gasteiger partial charge in [0.25, 0.3) is 0 Å². The van der Waals surface area contributed by atoms with E-state index in [0.29, 0.717) is 82.4 Å². The van der Waals surface area contributed by atoms with Crippen LogP contribution in [0.2, 0.25) is 10.0 Å². The normalized spacial score (nSPS) is 19.6. The summed E-state index contributed by atoms with van der Waals surface area (Å²) < 4.78 is 11.2. The summed E-state index contributed by atoms with van der Waals surface area (Å²) in [6, 6.07) is 11.6. The molecule has 2 N–H and O–H groups in total. The zero-order valence-electron chi connectivity index (χ0n) is 26.7. The summed E-state index contributed by atoms with van der Waals surface area (Å²) in [5, 5.41) is 14.3. The van der Waals surface area contributed by atoms with Gasteiger partial charge in [-0.05, 0) is 39.0 Å². The van der Waals surface area contributed by atoms with Crippen LogP contribution in [0.4, 0.5) is 0 Å². The lowest BCUT2D eigenvalue weighted by molar-refractivity contribution is -0.119. The molecular formula is C35H38Cl2N6O4. The molecule has 0 unspecified atom stereocenters. The smallest absolute Gasteiger partial charge is 0.237 e. The molecule has 2 aliphatic rings. The highest BCUT2D eigenvalue weighted by Gasteiger charge is 2.32. The summed E-state index contributed by atoms with van der Waals surface area (Å²) in [6.45, 7) is 3.72. The fraction of sp³-hybridized carbons (Fsp3) is 0.400. The Labute approximate surface area is 284 Å². The van der Waals surface area contributed by atoms with Gasteiger partial charge >= 0.3 is 0 Å². The van der Waals surface area contributed by atoms with Gasteiger partial charge in [-0.1, -0.05) is 59.6 Å². The van der Waals surface area contributed by atoms with Gasteiger partial charge in [0, 0.05) is 54.4 Å². The summed E-state index contributed by atoms with van der Waals surface area (Å²) in [5.41, 5.74) is 4.76. The molecule has 4 aromatic rings. The van der Waals surface area contributed by atoms with Crippen molar-refractivity contribution in [2.45, 2.75) is 63.6 Å². The molecule has 0 radical (unpaired) electrons. The van der Waals surface area contributed by atoms with E-state index in [2.05, 4.69) is 20.2 Å². The van der Waals surface area contributed by atoms with Crippen LogP contribution < -0.4 is 14.8 Å². The predicted octanol–water partition coefficient (Wildman–Crippen LogP) is 6.15. The number of carbonyl (C=O) groups excluding carboxylic acids is 1. The number of aromatic nitrogens is 4. The van der Waals surface area contributed by atoms with E-state index in [1.807, 2.05) is 43.3 Å². The van der Waals surface area contributed by atoms with Gasteiger partial charge in [-0.15, -0.1) is 0 Å². The van der Waals surface area contributed by atoms with Crippen molar-refractivity contribution >= 4 is 29.1 Å². The maximum atomic E-state index is 11.5. The monoisotopic (exact) mass is 676 g/mol. The van der Waals surface area contributed by atoms with Crippen LogP contribution in [0.1, 0.15) is 50.4 Å². The van der Waals surface area contributed by atoms with E-state index in [-0.39, 0.29) is 11.9 Å². The molecule has 47 heavy (non-hydrogen) atoms. The van der Waals surface area contributed by atoms with Crippen molar-refractivity contribution in [1.82, 2.24) is 30.2 Å². The molecule has 2 atom stereocenters. The van der Waals surface area contributed by atoms with Gasteiger partial charge in [0.05, 0.1) is 53.6 Å². The molecule has 2 fully saturated rings. The second kappa shape index (κ2) is 14.1. The van der Waals surface area contributed by atoms with Gasteiger partial charge < -0.3 is 19.9 Å². The number of nitrogens with zero attached hydrogens (tertiary/aromatic N) is 5. The molecule has 10 nitrogen and oxygen atoms in total. The fourth-order valence-corrected chi connectivity index (χ4v) is 6.98. The number of nitrogens with one attached hydrogen (secondary N) is 1. The lowest BCUT2D eigenvalue weighted by atomic mass is 9.98. The van der Waals surface area contributed by atoms with Crippen molar-refractivity contribution in [2.75, 3.05) is 27.3 Å². The molecule has 1 amide bonds. The highest BCUT2D eigenvalue weighted by molar-refractivity contribution is 6.39. The van der Waals surface area contributed by atoms with Crippen molar-refractivity contribution in [3.05, 3.63) is 70.2 Å². The standard InChI is InChI=1S/C35H38Cl2N6O4/c1-35(45)15-16-43(20-35)19-29-34(47-3)42-28(18-39-29)25-11-6-9-23(32(25)37)22-8-5-10-24(31(22)36)27-17-38-26(33(41-27)46-2)12-4-7-21-13-14-30(44)40-21/h5-6,8-11,17-18,21,45H,4,7,12-16,19-20H2,1-3H3,(H,40,44)/t21-,35+/m1/s1. The minimum Gasteiger partial charge on any atom is -0.480 e. The first-order valence-corrected chi connectivity index (χ1v) is 16.5. The number of benzene rings is 2. The van der Waals surface area contributed by atoms with E-state index in [4.69, 9.17) is 42.6 Å². The van der Waals surface area contributed by atoms with E-state index >= 15 is 0 Å². The van der Waals surface area contributed by atoms with Crippen molar-refractivity contribution in [3.63, 3.8) is 0 Å². The maximum Gasteiger partial charge on any atom is 0.237 e. The molecular weight excluding hydrogens is 639 g/mol. The van der Waals surface area contributed by atoms with Gasteiger partial charge in [0.2, 0.25) is 17.7 Å². The molecule has 0 aliphatic carbocycles. The molecule has 246 valence electrons. The Hall–Kier alpha value is -3.83. The van der Waals surface area contributed by atoms with Gasteiger partial charge in [0.1, 0.15) is 11.4 Å². The number of likely N-dealkylation sites (tertiary alicyclic amines) is 1. The molecule has 6 rings (SSSR count). The van der Waals surface area contributed by atoms with Gasteiger partial charge in [-0.2, -0.15) is 0 Å². The number of aryl methyl sites for hydroxylation is 1. The highest BCUT2D eigenvalue weighted by atomic mass is 35.5. The van der Waals surface area contributed by atoms with Crippen molar-refractivity contribution in [2.24, 2.45) is 0 Å². The number of halogens is 2. The number of aliphatic hydroxyl groups is 1. The average molecular weight is 678 g/mol. The SMILES string of the molecule is COc1nc(-c2cccc(-c3cccc(-c4cnc(CN5CC[C@](C)(O)C5)c(OC)n4)c3Cl)c2Cl)cnc1CCC[C@@H]1CCC(=O)N1. The van der Waals surface area contributed by atoms with Gasteiger partial charge in [-0.25, -0.2) is 9.97 Å². The van der Waals surface area contributed by atoms with Crippen molar-refractivity contribution in [1.29, 1.82) is 0 Å². The van der Waals surface area contributed by atoms with E-state index in [9.17, 15) is 9.90 Å². The Bertz CT molecular complexity index is 1790. The van der Waals surface area contributed by atoms with E-state index < -0.39 is 5.60 Å². The van der Waals surface area contributed by atoms with Crippen LogP contribution in [0.5, 0.6) is 11.8 Å². The number of hydrogen-bond donors (Lipinski definition) is 2. The molecule has 0 saturated carbocycles. The second-order valence-corrected chi connectivity index (χ2v) is 13.2. The number of methoxy groups -OCH3 is 2. The number of ether oxygens (including phenoxy) is 2. The van der Waals surface area contributed by atoms with Crippen LogP contribution in [0.15, 0.2) is 48.8 Å². The predicted molar refractivity (Wildman–Crippen MR) is 182 cm³/mol. The largest absolute Gasteiger partial charge is 0.480 e. The molecule has 2 aromatic carbocycles. The molecule has 0 spiro atoms. The Morgan fingerprint density at radius 2 is 1.51 bits per heavy atom. The van der Waals surface area contributed by atoms with Crippen LogP contribution in [-0.4, -0.2) is 74.8 Å². The lowest BCUT2D eigenvalue weighted by Crippen LogP contribution is -2.29. The van der Waals surface area contributed by atoms with Crippen LogP contribution in [-0.2, 0) is 17.8 Å². The zero-order valence-corrected chi connectivity index (χ0v) is 28.2. The average Bonchev–Trinajstić information content (AvgIpc) is 3.64. The highest BCUT2D eigenvalue weighted by Crippen LogP contribution is 2.42. The van der Waals surface area contributed by atoms with Crippen LogP contribution in [0.25, 0.3) is 33.6 Å². The quantitative estimate of drug-likeness (QED) is 0.193. The van der Waals surface area contributed by atoms with E-state index in [1.165, 1.54) is 0 Å². The Kier molecular flexibility index (Phi) is 9.93. The fourth-order valence-electron chi connectivity index (χ4n) is 6.33. The molecule has 0 bridgehead atoms. The number of carbonyl (C=O) groups is 1. The van der Waals surface area contributed by atoms with Crippen LogP contribution in [0, 0.1) is 0 Å². The topological polar surface area (TPSA) is 123 Å². The Morgan fingerprint density at radius 3 is 2.04 bits per heavy atom. The van der Waals surface area contributed by atoms with Crippen LogP contribution >= 0.6 is 23.2 Å². The van der Waals surface area contributed by atoms with Crippen LogP contribution in [0.3, 0.4) is 0 Å². The van der Waals surface area contributed by atoms with Crippen molar-refractivity contribution in [3.8, 4) is 45.4 Å². The molecule has 2 saturated heterocycles. The summed E-state index contributed by atoms with van der Waals surface area (Å²) in [7, 11) is 3.15. The summed E-state index contributed by atoms with van der Waals surface area (Å²) in [4.78, 5) is 32.5. The van der Waals surface area contributed by atoms with E-state index in [1.54, 1.807) is 26.6 Å². The first-order valence-electron chi connectivity index (χ1n) is 15.8. The first-order chi connectivity index (χ1) is 22.7. The number of β-amino-alcohol motifs (C(OH)–C–C–N with tert-alkyl or cyclic N) is 1. The molecule has 12 heteroatoms. The summed E-state index contributed by atoms with van der Waals surface area (Å²) in [5.74, 6) is 0.986. The minimum atomic E-state index is -0.702. The molecule has 2 aliphatic heterocycles. The Balaban J connectivity index is 1.24. The number of hydrogen-bond acceptors (Lipinski definition) is 9. The molecule has 2 aromatic heterocycles. The van der Waals surface area contributed by atoms with Gasteiger partial charge in [0.15, 0.2) is 0 Å². The summed E-state index contributed by atoms with van der Waals surface area (Å²) >= 11 is 14.1. The second-order valence-electron chi connectivity index (χ2n) is 12.4. The first kappa shape index (κ1) is 33.1. The third-order valence-corrected chi connectivity index (χ3v) is 9.62. The Morgan fingerprint density at radius 1 is 0.936 bits per heavy atom. The third kappa shape index (κ3) is 7.36. The molecule has 4 heterocycles. The van der Waals surface area contributed by atoms with Crippen molar-refractivity contribution < 1.29 is 19.4 Å². The minimum absolute atomic E-state index is 0.122.